The molecule has 31 heavy (non-hydrogen) atoms. The zero-order valence-electron chi connectivity index (χ0n) is 18.8. The molecular weight excluding hydrogens is 394 g/mol. The van der Waals surface area contributed by atoms with Gasteiger partial charge in [0, 0.05) is 24.2 Å². The molecule has 1 aliphatic heterocycles. The largest absolute Gasteiger partial charge is 0.497 e. The molecule has 0 bridgehead atoms. The maximum absolute atomic E-state index is 13.4. The first-order valence-electron chi connectivity index (χ1n) is 10.9. The van der Waals surface area contributed by atoms with Crippen LogP contribution in [0.4, 0.5) is 0 Å². The standard InChI is InChI=1S/C24H31N3O4/c1-16(2)22-25-17(3)13-21(26-22)31-15-20-14-27(11-12-30-20)23(28)24(9-10-24)18-5-7-19(29-4)8-6-18/h5-8,13,16,20H,9-12,14-15H2,1-4H3. The lowest BCUT2D eigenvalue weighted by Crippen LogP contribution is -2.50. The molecule has 1 aromatic carbocycles. The second-order valence-corrected chi connectivity index (χ2v) is 8.73. The molecule has 1 unspecified atom stereocenters. The van der Waals surface area contributed by atoms with E-state index >= 15 is 0 Å². The van der Waals surface area contributed by atoms with E-state index in [1.165, 1.54) is 0 Å². The zero-order chi connectivity index (χ0) is 22.0. The van der Waals surface area contributed by atoms with Gasteiger partial charge in [-0.15, -0.1) is 0 Å². The summed E-state index contributed by atoms with van der Waals surface area (Å²) in [7, 11) is 1.65. The van der Waals surface area contributed by atoms with Crippen LogP contribution in [-0.2, 0) is 14.9 Å². The quantitative estimate of drug-likeness (QED) is 0.678. The summed E-state index contributed by atoms with van der Waals surface area (Å²) in [5.74, 6) is 2.54. The molecule has 2 heterocycles. The summed E-state index contributed by atoms with van der Waals surface area (Å²) in [4.78, 5) is 24.3. The van der Waals surface area contributed by atoms with E-state index in [2.05, 4.69) is 23.8 Å². The average molecular weight is 426 g/mol. The number of carbonyl (C=O) groups excluding carboxylic acids is 1. The van der Waals surface area contributed by atoms with Crippen LogP contribution in [0, 0.1) is 6.92 Å². The molecule has 2 fully saturated rings. The van der Waals surface area contributed by atoms with Gasteiger partial charge in [-0.2, -0.15) is 4.98 Å². The van der Waals surface area contributed by atoms with Crippen molar-refractivity contribution in [1.29, 1.82) is 0 Å². The summed E-state index contributed by atoms with van der Waals surface area (Å²) in [6.07, 6.45) is 1.59. The monoisotopic (exact) mass is 425 g/mol. The third-order valence-corrected chi connectivity index (χ3v) is 6.01. The van der Waals surface area contributed by atoms with Gasteiger partial charge in [-0.05, 0) is 37.5 Å². The van der Waals surface area contributed by atoms with Crippen LogP contribution in [0.1, 0.15) is 49.7 Å². The molecule has 1 saturated heterocycles. The summed E-state index contributed by atoms with van der Waals surface area (Å²) >= 11 is 0. The van der Waals surface area contributed by atoms with E-state index in [1.807, 2.05) is 42.2 Å². The minimum Gasteiger partial charge on any atom is -0.497 e. The Morgan fingerprint density at radius 2 is 2.00 bits per heavy atom. The van der Waals surface area contributed by atoms with Gasteiger partial charge in [0.05, 0.1) is 25.7 Å². The van der Waals surface area contributed by atoms with Crippen molar-refractivity contribution >= 4 is 5.91 Å². The van der Waals surface area contributed by atoms with Gasteiger partial charge < -0.3 is 19.1 Å². The predicted molar refractivity (Wildman–Crippen MR) is 117 cm³/mol. The molecule has 1 atom stereocenters. The molecule has 166 valence electrons. The van der Waals surface area contributed by atoms with Crippen molar-refractivity contribution in [1.82, 2.24) is 14.9 Å². The molecule has 2 aliphatic rings. The molecule has 1 aromatic heterocycles. The first-order valence-corrected chi connectivity index (χ1v) is 10.9. The molecule has 0 radical (unpaired) electrons. The van der Waals surface area contributed by atoms with Crippen molar-refractivity contribution in [2.45, 2.75) is 51.0 Å². The van der Waals surface area contributed by atoms with E-state index in [9.17, 15) is 4.79 Å². The number of methoxy groups -OCH3 is 1. The first kappa shape index (κ1) is 21.6. The predicted octanol–water partition coefficient (Wildman–Crippen LogP) is 3.26. The number of morpholine rings is 1. The van der Waals surface area contributed by atoms with Gasteiger partial charge >= 0.3 is 0 Å². The summed E-state index contributed by atoms with van der Waals surface area (Å²) in [5.41, 5.74) is 1.55. The second-order valence-electron chi connectivity index (χ2n) is 8.73. The van der Waals surface area contributed by atoms with Crippen LogP contribution in [0.2, 0.25) is 0 Å². The van der Waals surface area contributed by atoms with Crippen LogP contribution in [0.3, 0.4) is 0 Å². The lowest BCUT2D eigenvalue weighted by molar-refractivity contribution is -0.142. The third-order valence-electron chi connectivity index (χ3n) is 6.01. The molecule has 4 rings (SSSR count). The van der Waals surface area contributed by atoms with Crippen molar-refractivity contribution < 1.29 is 19.0 Å². The molecule has 7 heteroatoms. The number of hydrogen-bond donors (Lipinski definition) is 0. The number of nitrogens with zero attached hydrogens (tertiary/aromatic N) is 3. The fraction of sp³-hybridized carbons (Fsp3) is 0.542. The highest BCUT2D eigenvalue weighted by Gasteiger charge is 2.53. The number of aryl methyl sites for hydroxylation is 1. The summed E-state index contributed by atoms with van der Waals surface area (Å²) in [6.45, 7) is 8.05. The lowest BCUT2D eigenvalue weighted by Gasteiger charge is -2.35. The number of benzene rings is 1. The number of carbonyl (C=O) groups is 1. The maximum Gasteiger partial charge on any atom is 0.233 e. The van der Waals surface area contributed by atoms with Gasteiger partial charge in [-0.3, -0.25) is 4.79 Å². The highest BCUT2D eigenvalue weighted by atomic mass is 16.5. The normalized spacial score (nSPS) is 19.9. The summed E-state index contributed by atoms with van der Waals surface area (Å²) in [5, 5.41) is 0. The Labute approximate surface area is 183 Å². The minimum atomic E-state index is -0.398. The van der Waals surface area contributed by atoms with Gasteiger partial charge in [0.2, 0.25) is 11.8 Å². The smallest absolute Gasteiger partial charge is 0.233 e. The van der Waals surface area contributed by atoms with Crippen molar-refractivity contribution in [3.8, 4) is 11.6 Å². The Bertz CT molecular complexity index is 925. The van der Waals surface area contributed by atoms with E-state index in [0.717, 1.165) is 35.7 Å². The van der Waals surface area contributed by atoms with E-state index < -0.39 is 5.41 Å². The Balaban J connectivity index is 1.39. The van der Waals surface area contributed by atoms with Gasteiger partial charge in [0.15, 0.2) is 0 Å². The summed E-state index contributed by atoms with van der Waals surface area (Å²) in [6, 6.07) is 9.70. The Morgan fingerprint density at radius 1 is 1.26 bits per heavy atom. The maximum atomic E-state index is 13.4. The number of ether oxygens (including phenoxy) is 3. The van der Waals surface area contributed by atoms with Gasteiger partial charge in [0.25, 0.3) is 0 Å². The number of hydrogen-bond acceptors (Lipinski definition) is 6. The molecule has 7 nitrogen and oxygen atoms in total. The third kappa shape index (κ3) is 4.66. The van der Waals surface area contributed by atoms with E-state index in [-0.39, 0.29) is 17.9 Å². The lowest BCUT2D eigenvalue weighted by atomic mass is 9.94. The Kier molecular flexibility index (Phi) is 6.14. The van der Waals surface area contributed by atoms with Gasteiger partial charge in [-0.1, -0.05) is 26.0 Å². The first-order chi connectivity index (χ1) is 14.9. The van der Waals surface area contributed by atoms with Crippen LogP contribution in [0.15, 0.2) is 30.3 Å². The topological polar surface area (TPSA) is 73.8 Å². The Hall–Kier alpha value is -2.67. The number of amides is 1. The Morgan fingerprint density at radius 3 is 2.65 bits per heavy atom. The van der Waals surface area contributed by atoms with Crippen molar-refractivity contribution in [2.24, 2.45) is 0 Å². The average Bonchev–Trinajstić information content (AvgIpc) is 3.59. The van der Waals surface area contributed by atoms with Gasteiger partial charge in [0.1, 0.15) is 24.3 Å². The molecule has 2 aromatic rings. The van der Waals surface area contributed by atoms with Crippen LogP contribution < -0.4 is 9.47 Å². The van der Waals surface area contributed by atoms with Crippen molar-refractivity contribution in [2.75, 3.05) is 33.4 Å². The van der Waals surface area contributed by atoms with Crippen molar-refractivity contribution in [3.63, 3.8) is 0 Å². The van der Waals surface area contributed by atoms with Crippen LogP contribution >= 0.6 is 0 Å². The SMILES string of the molecule is COc1ccc(C2(C(=O)N3CCOC(COc4cc(C)nc(C(C)C)n4)C3)CC2)cc1. The minimum absolute atomic E-state index is 0.179. The van der Waals surface area contributed by atoms with Crippen LogP contribution in [0.5, 0.6) is 11.6 Å². The second kappa shape index (κ2) is 8.83. The molecule has 0 spiro atoms. The molecular formula is C24H31N3O4. The highest BCUT2D eigenvalue weighted by molar-refractivity contribution is 5.91. The number of rotatable bonds is 7. The zero-order valence-corrected chi connectivity index (χ0v) is 18.8. The fourth-order valence-corrected chi connectivity index (χ4v) is 4.04. The summed E-state index contributed by atoms with van der Waals surface area (Å²) < 4.78 is 17.1. The van der Waals surface area contributed by atoms with Crippen molar-refractivity contribution in [3.05, 3.63) is 47.4 Å². The molecule has 1 saturated carbocycles. The van der Waals surface area contributed by atoms with Crippen LogP contribution in [-0.4, -0.2) is 60.3 Å². The molecule has 0 N–H and O–H groups in total. The molecule has 1 aliphatic carbocycles. The molecule has 1 amide bonds. The van der Waals surface area contributed by atoms with E-state index in [1.54, 1.807) is 7.11 Å². The number of aromatic nitrogens is 2. The van der Waals surface area contributed by atoms with E-state index in [0.29, 0.717) is 32.2 Å². The fourth-order valence-electron chi connectivity index (χ4n) is 4.04. The van der Waals surface area contributed by atoms with E-state index in [4.69, 9.17) is 14.2 Å². The highest BCUT2D eigenvalue weighted by Crippen LogP contribution is 2.50. The van der Waals surface area contributed by atoms with Gasteiger partial charge in [-0.25, -0.2) is 4.98 Å². The van der Waals surface area contributed by atoms with Crippen LogP contribution in [0.25, 0.3) is 0 Å².